The molecule has 2 N–H and O–H groups in total. The Bertz CT molecular complexity index is 1630. The number of aliphatic carboxylic acids is 1. The van der Waals surface area contributed by atoms with Crippen LogP contribution in [0.15, 0.2) is 83.9 Å². The van der Waals surface area contributed by atoms with E-state index in [2.05, 4.69) is 10.3 Å². The number of nitrogens with one attached hydrogen (secondary N) is 1. The van der Waals surface area contributed by atoms with Gasteiger partial charge in [0.05, 0.1) is 22.8 Å². The molecule has 0 aliphatic rings. The summed E-state index contributed by atoms with van der Waals surface area (Å²) in [5, 5.41) is 14.1. The van der Waals surface area contributed by atoms with Crippen LogP contribution in [0.2, 0.25) is 10.0 Å². The minimum absolute atomic E-state index is 0.0694. The van der Waals surface area contributed by atoms with Crippen LogP contribution in [0.1, 0.15) is 42.2 Å². The smallest absolute Gasteiger partial charge is 0.327 e. The van der Waals surface area contributed by atoms with Crippen molar-refractivity contribution in [2.45, 2.75) is 43.7 Å². The zero-order chi connectivity index (χ0) is 28.9. The highest BCUT2D eigenvalue weighted by Gasteiger charge is 2.37. The summed E-state index contributed by atoms with van der Waals surface area (Å²) >= 11 is 12.2. The Morgan fingerprint density at radius 3 is 2.33 bits per heavy atom. The topological polar surface area (TPSA) is 117 Å². The fourth-order valence-corrected chi connectivity index (χ4v) is 6.83. The van der Waals surface area contributed by atoms with Gasteiger partial charge in [-0.1, -0.05) is 73.3 Å². The van der Waals surface area contributed by atoms with Crippen molar-refractivity contribution >= 4 is 61.6 Å². The number of pyridine rings is 1. The molecule has 0 aliphatic carbocycles. The lowest BCUT2D eigenvalue weighted by Crippen LogP contribution is -2.45. The largest absolute Gasteiger partial charge is 0.480 e. The quantitative estimate of drug-likeness (QED) is 0.208. The number of amides is 1. The van der Waals surface area contributed by atoms with E-state index in [1.807, 2.05) is 13.0 Å². The molecule has 0 aliphatic heterocycles. The van der Waals surface area contributed by atoms with Crippen LogP contribution in [-0.2, 0) is 21.4 Å². The zero-order valence-corrected chi connectivity index (χ0v) is 23.9. The second-order valence-electron chi connectivity index (χ2n) is 9.08. The first-order valence-electron chi connectivity index (χ1n) is 12.6. The normalized spacial score (nSPS) is 12.2. The molecular formula is C29H27Cl2N3O5S. The van der Waals surface area contributed by atoms with Crippen molar-refractivity contribution in [3.05, 3.63) is 100 Å². The van der Waals surface area contributed by atoms with Crippen molar-refractivity contribution in [2.24, 2.45) is 0 Å². The molecule has 1 aromatic heterocycles. The van der Waals surface area contributed by atoms with Crippen LogP contribution in [0.3, 0.4) is 0 Å². The predicted octanol–water partition coefficient (Wildman–Crippen LogP) is 6.31. The number of rotatable bonds is 11. The number of hydrogen-bond acceptors (Lipinski definition) is 5. The van der Waals surface area contributed by atoms with Gasteiger partial charge in [-0.3, -0.25) is 14.1 Å². The van der Waals surface area contributed by atoms with Gasteiger partial charge in [0.15, 0.2) is 0 Å². The van der Waals surface area contributed by atoms with Gasteiger partial charge in [-0.2, -0.15) is 0 Å². The van der Waals surface area contributed by atoms with E-state index >= 15 is 0 Å². The highest BCUT2D eigenvalue weighted by molar-refractivity contribution is 7.93. The molecule has 0 spiro atoms. The SMILES string of the molecule is CCCCC(C(=O)O)N(c1cccc2c(C(=O)NCc3ccccn3)cccc12)S(=O)(=O)c1cc(Cl)cc(Cl)c1. The van der Waals surface area contributed by atoms with Gasteiger partial charge in [0.25, 0.3) is 15.9 Å². The fraction of sp³-hybridized carbons (Fsp3) is 0.207. The maximum Gasteiger partial charge on any atom is 0.327 e. The number of unbranched alkanes of at least 4 members (excludes halogenated alkanes) is 1. The zero-order valence-electron chi connectivity index (χ0n) is 21.6. The van der Waals surface area contributed by atoms with Gasteiger partial charge in [-0.25, -0.2) is 13.2 Å². The van der Waals surface area contributed by atoms with Crippen molar-refractivity contribution in [1.82, 2.24) is 10.3 Å². The number of carbonyl (C=O) groups excluding carboxylic acids is 1. The molecular weight excluding hydrogens is 573 g/mol. The van der Waals surface area contributed by atoms with Crippen LogP contribution in [0.5, 0.6) is 0 Å². The molecule has 1 amide bonds. The summed E-state index contributed by atoms with van der Waals surface area (Å²) in [6.07, 6.45) is 2.84. The van der Waals surface area contributed by atoms with E-state index in [-0.39, 0.29) is 39.5 Å². The molecule has 208 valence electrons. The average molecular weight is 601 g/mol. The lowest BCUT2D eigenvalue weighted by molar-refractivity contribution is -0.138. The molecule has 1 atom stereocenters. The Morgan fingerprint density at radius 2 is 1.68 bits per heavy atom. The van der Waals surface area contributed by atoms with Crippen LogP contribution in [0.25, 0.3) is 10.8 Å². The fourth-order valence-electron chi connectivity index (χ4n) is 4.45. The van der Waals surface area contributed by atoms with Gasteiger partial charge in [0.1, 0.15) is 6.04 Å². The highest BCUT2D eigenvalue weighted by atomic mass is 35.5. The molecule has 3 aromatic carbocycles. The standard InChI is InChI=1S/C29H27Cl2N3O5S/c1-2-3-12-27(29(36)37)34(40(38,39)22-16-19(30)15-20(31)17-22)26-13-7-9-23-24(26)10-6-11-25(23)28(35)33-18-21-8-4-5-14-32-21/h4-11,13-17,27H,2-3,12,18H2,1H3,(H,33,35)(H,36,37). The first-order chi connectivity index (χ1) is 19.1. The predicted molar refractivity (Wildman–Crippen MR) is 156 cm³/mol. The maximum absolute atomic E-state index is 14.1. The molecule has 0 fully saturated rings. The van der Waals surface area contributed by atoms with Crippen LogP contribution in [-0.4, -0.2) is 36.4 Å². The van der Waals surface area contributed by atoms with Crippen LogP contribution in [0.4, 0.5) is 5.69 Å². The molecule has 1 heterocycles. The number of carboxylic acid groups (broad SMARTS) is 1. The van der Waals surface area contributed by atoms with E-state index in [0.717, 1.165) is 4.31 Å². The second kappa shape index (κ2) is 12.7. The number of carbonyl (C=O) groups is 2. The van der Waals surface area contributed by atoms with Gasteiger partial charge < -0.3 is 10.4 Å². The Hall–Kier alpha value is -3.66. The Labute approximate surface area is 242 Å². The van der Waals surface area contributed by atoms with Crippen LogP contribution in [0, 0.1) is 0 Å². The van der Waals surface area contributed by atoms with E-state index < -0.39 is 22.0 Å². The molecule has 0 saturated carbocycles. The Kier molecular flexibility index (Phi) is 9.29. The molecule has 0 saturated heterocycles. The van der Waals surface area contributed by atoms with Crippen molar-refractivity contribution in [3.8, 4) is 0 Å². The van der Waals surface area contributed by atoms with E-state index in [1.54, 1.807) is 48.7 Å². The second-order valence-corrected chi connectivity index (χ2v) is 11.8. The summed E-state index contributed by atoms with van der Waals surface area (Å²) in [7, 11) is -4.47. The molecule has 4 aromatic rings. The molecule has 40 heavy (non-hydrogen) atoms. The monoisotopic (exact) mass is 599 g/mol. The van der Waals surface area contributed by atoms with Gasteiger partial charge in [0.2, 0.25) is 0 Å². The third-order valence-corrected chi connectivity index (χ3v) is 8.57. The third kappa shape index (κ3) is 6.38. The molecule has 0 bridgehead atoms. The summed E-state index contributed by atoms with van der Waals surface area (Å²) in [5.41, 5.74) is 1.10. The van der Waals surface area contributed by atoms with Crippen molar-refractivity contribution < 1.29 is 23.1 Å². The molecule has 0 radical (unpaired) electrons. The Morgan fingerprint density at radius 1 is 0.975 bits per heavy atom. The number of nitrogens with zero attached hydrogens (tertiary/aromatic N) is 2. The number of aromatic nitrogens is 1. The number of hydrogen-bond donors (Lipinski definition) is 2. The first kappa shape index (κ1) is 29.3. The van der Waals surface area contributed by atoms with Crippen molar-refractivity contribution in [1.29, 1.82) is 0 Å². The van der Waals surface area contributed by atoms with Crippen LogP contribution >= 0.6 is 23.2 Å². The molecule has 8 nitrogen and oxygen atoms in total. The first-order valence-corrected chi connectivity index (χ1v) is 14.8. The summed E-state index contributed by atoms with van der Waals surface area (Å²) in [6.45, 7) is 2.09. The summed E-state index contributed by atoms with van der Waals surface area (Å²) in [6, 6.07) is 17.6. The van der Waals surface area contributed by atoms with E-state index in [9.17, 15) is 23.1 Å². The van der Waals surface area contributed by atoms with E-state index in [0.29, 0.717) is 34.9 Å². The van der Waals surface area contributed by atoms with Crippen molar-refractivity contribution in [2.75, 3.05) is 4.31 Å². The number of benzene rings is 3. The number of anilines is 1. The minimum atomic E-state index is -4.47. The number of sulfonamides is 1. The van der Waals surface area contributed by atoms with Gasteiger partial charge >= 0.3 is 5.97 Å². The van der Waals surface area contributed by atoms with E-state index in [4.69, 9.17) is 23.2 Å². The average Bonchev–Trinajstić information content (AvgIpc) is 2.93. The summed E-state index contributed by atoms with van der Waals surface area (Å²) in [4.78, 5) is 29.7. The molecule has 4 rings (SSSR count). The number of fused-ring (bicyclic) bond motifs is 1. The summed E-state index contributed by atoms with van der Waals surface area (Å²) in [5.74, 6) is -1.68. The summed E-state index contributed by atoms with van der Waals surface area (Å²) < 4.78 is 29.2. The minimum Gasteiger partial charge on any atom is -0.480 e. The third-order valence-electron chi connectivity index (χ3n) is 6.33. The van der Waals surface area contributed by atoms with Crippen molar-refractivity contribution in [3.63, 3.8) is 0 Å². The van der Waals surface area contributed by atoms with Gasteiger partial charge in [-0.15, -0.1) is 0 Å². The molecule has 1 unspecified atom stereocenters. The lowest BCUT2D eigenvalue weighted by Gasteiger charge is -2.31. The lowest BCUT2D eigenvalue weighted by atomic mass is 10.0. The van der Waals surface area contributed by atoms with Gasteiger partial charge in [0, 0.05) is 27.2 Å². The van der Waals surface area contributed by atoms with Gasteiger partial charge in [-0.05, 0) is 54.3 Å². The van der Waals surface area contributed by atoms with E-state index in [1.165, 1.54) is 24.3 Å². The Balaban J connectivity index is 1.86. The maximum atomic E-state index is 14.1. The van der Waals surface area contributed by atoms with Crippen LogP contribution < -0.4 is 9.62 Å². The number of carboxylic acids is 1. The highest BCUT2D eigenvalue weighted by Crippen LogP contribution is 2.36. The number of halogens is 2. The molecule has 11 heteroatoms.